The van der Waals surface area contributed by atoms with Crippen LogP contribution >= 0.6 is 23.4 Å². The number of benzene rings is 2. The van der Waals surface area contributed by atoms with Crippen LogP contribution in [0.2, 0.25) is 5.02 Å². The van der Waals surface area contributed by atoms with E-state index in [1.54, 1.807) is 11.8 Å². The summed E-state index contributed by atoms with van der Waals surface area (Å²) in [4.78, 5) is 12.9. The molecule has 0 spiro atoms. The maximum absolute atomic E-state index is 11.7. The average molecular weight is 320 g/mol. The SMILES string of the molecule is O=C(CCSc1ccccc1)NCCc1ccc(Cl)cc1. The Morgan fingerprint density at radius 2 is 1.76 bits per heavy atom. The summed E-state index contributed by atoms with van der Waals surface area (Å²) in [6.45, 7) is 0.663. The minimum Gasteiger partial charge on any atom is -0.356 e. The van der Waals surface area contributed by atoms with Crippen molar-refractivity contribution in [2.45, 2.75) is 17.7 Å². The minimum absolute atomic E-state index is 0.104. The summed E-state index contributed by atoms with van der Waals surface area (Å²) in [7, 11) is 0. The third-order valence-corrected chi connectivity index (χ3v) is 4.26. The molecule has 0 aliphatic heterocycles. The Morgan fingerprint density at radius 1 is 1.05 bits per heavy atom. The first kappa shape index (κ1) is 15.9. The molecule has 0 saturated heterocycles. The molecule has 0 unspecified atom stereocenters. The summed E-state index contributed by atoms with van der Waals surface area (Å²) in [6.07, 6.45) is 1.37. The molecule has 2 aromatic carbocycles. The molecular formula is C17H18ClNOS. The van der Waals surface area contributed by atoms with Gasteiger partial charge in [-0.1, -0.05) is 41.9 Å². The van der Waals surface area contributed by atoms with Gasteiger partial charge in [-0.3, -0.25) is 4.79 Å². The van der Waals surface area contributed by atoms with E-state index >= 15 is 0 Å². The normalized spacial score (nSPS) is 10.3. The van der Waals surface area contributed by atoms with Gasteiger partial charge in [0.25, 0.3) is 0 Å². The lowest BCUT2D eigenvalue weighted by molar-refractivity contribution is -0.120. The highest BCUT2D eigenvalue weighted by Crippen LogP contribution is 2.17. The summed E-state index contributed by atoms with van der Waals surface area (Å²) in [5.41, 5.74) is 1.18. The molecule has 4 heteroatoms. The van der Waals surface area contributed by atoms with Crippen molar-refractivity contribution in [3.63, 3.8) is 0 Å². The molecule has 0 saturated carbocycles. The number of halogens is 1. The lowest BCUT2D eigenvalue weighted by atomic mass is 10.1. The molecule has 0 fully saturated rings. The van der Waals surface area contributed by atoms with Gasteiger partial charge in [0.15, 0.2) is 0 Å². The Labute approximate surface area is 134 Å². The van der Waals surface area contributed by atoms with Crippen molar-refractivity contribution in [3.05, 3.63) is 65.2 Å². The molecule has 2 nitrogen and oxygen atoms in total. The van der Waals surface area contributed by atoms with Crippen LogP contribution in [0.5, 0.6) is 0 Å². The highest BCUT2D eigenvalue weighted by Gasteiger charge is 2.02. The fourth-order valence-corrected chi connectivity index (χ4v) is 2.86. The van der Waals surface area contributed by atoms with Gasteiger partial charge in [-0.25, -0.2) is 0 Å². The topological polar surface area (TPSA) is 29.1 Å². The number of thioether (sulfide) groups is 1. The first-order chi connectivity index (χ1) is 10.2. The third-order valence-electron chi connectivity index (χ3n) is 2.99. The summed E-state index contributed by atoms with van der Waals surface area (Å²) in [5.74, 6) is 0.906. The number of amides is 1. The van der Waals surface area contributed by atoms with Crippen molar-refractivity contribution in [2.75, 3.05) is 12.3 Å². The molecule has 21 heavy (non-hydrogen) atoms. The van der Waals surface area contributed by atoms with Gasteiger partial charge in [-0.15, -0.1) is 11.8 Å². The van der Waals surface area contributed by atoms with Crippen molar-refractivity contribution < 1.29 is 4.79 Å². The number of hydrogen-bond acceptors (Lipinski definition) is 2. The Kier molecular flexibility index (Phi) is 6.64. The lowest BCUT2D eigenvalue weighted by Crippen LogP contribution is -2.25. The van der Waals surface area contributed by atoms with Gasteiger partial charge in [-0.2, -0.15) is 0 Å². The van der Waals surface area contributed by atoms with Crippen LogP contribution in [-0.2, 0) is 11.2 Å². The summed E-state index contributed by atoms with van der Waals surface area (Å²) < 4.78 is 0. The Morgan fingerprint density at radius 3 is 2.48 bits per heavy atom. The molecule has 0 atom stereocenters. The average Bonchev–Trinajstić information content (AvgIpc) is 2.50. The van der Waals surface area contributed by atoms with E-state index in [1.165, 1.54) is 10.5 Å². The molecule has 0 aliphatic carbocycles. The zero-order valence-corrected chi connectivity index (χ0v) is 13.3. The van der Waals surface area contributed by atoms with Crippen LogP contribution in [-0.4, -0.2) is 18.2 Å². The summed E-state index contributed by atoms with van der Waals surface area (Å²) in [6, 6.07) is 17.8. The van der Waals surface area contributed by atoms with Gasteiger partial charge in [0.2, 0.25) is 5.91 Å². The monoisotopic (exact) mass is 319 g/mol. The lowest BCUT2D eigenvalue weighted by Gasteiger charge is -2.05. The van der Waals surface area contributed by atoms with Gasteiger partial charge in [0, 0.05) is 28.6 Å². The van der Waals surface area contributed by atoms with Crippen LogP contribution in [0.1, 0.15) is 12.0 Å². The highest BCUT2D eigenvalue weighted by molar-refractivity contribution is 7.99. The molecule has 0 bridgehead atoms. The molecule has 110 valence electrons. The van der Waals surface area contributed by atoms with Crippen LogP contribution in [0.3, 0.4) is 0 Å². The fraction of sp³-hybridized carbons (Fsp3) is 0.235. The van der Waals surface area contributed by atoms with Crippen LogP contribution < -0.4 is 5.32 Å². The van der Waals surface area contributed by atoms with E-state index in [0.29, 0.717) is 13.0 Å². The van der Waals surface area contributed by atoms with Crippen LogP contribution in [0.4, 0.5) is 0 Å². The quantitative estimate of drug-likeness (QED) is 0.776. The van der Waals surface area contributed by atoms with E-state index in [4.69, 9.17) is 11.6 Å². The van der Waals surface area contributed by atoms with E-state index < -0.39 is 0 Å². The first-order valence-electron chi connectivity index (χ1n) is 6.93. The molecule has 1 N–H and O–H groups in total. The van der Waals surface area contributed by atoms with Crippen molar-refractivity contribution in [3.8, 4) is 0 Å². The second-order valence-corrected chi connectivity index (χ2v) is 6.24. The molecule has 0 heterocycles. The third kappa shape index (κ3) is 6.23. The van der Waals surface area contributed by atoms with Crippen LogP contribution in [0.25, 0.3) is 0 Å². The van der Waals surface area contributed by atoms with Crippen LogP contribution in [0, 0.1) is 0 Å². The standard InChI is InChI=1S/C17H18ClNOS/c18-15-8-6-14(7-9-15)10-12-19-17(20)11-13-21-16-4-2-1-3-5-16/h1-9H,10-13H2,(H,19,20). The zero-order valence-electron chi connectivity index (χ0n) is 11.7. The van der Waals surface area contributed by atoms with Crippen molar-refractivity contribution >= 4 is 29.3 Å². The van der Waals surface area contributed by atoms with E-state index in [9.17, 15) is 4.79 Å². The largest absolute Gasteiger partial charge is 0.356 e. The maximum Gasteiger partial charge on any atom is 0.220 e. The Hall–Kier alpha value is -1.45. The molecule has 0 radical (unpaired) electrons. The minimum atomic E-state index is 0.104. The van der Waals surface area contributed by atoms with Gasteiger partial charge in [0.05, 0.1) is 0 Å². The zero-order chi connectivity index (χ0) is 14.9. The van der Waals surface area contributed by atoms with Crippen molar-refractivity contribution in [1.29, 1.82) is 0 Å². The molecule has 2 aromatic rings. The Bertz CT molecular complexity index is 557. The van der Waals surface area contributed by atoms with E-state index in [-0.39, 0.29) is 5.91 Å². The molecular weight excluding hydrogens is 302 g/mol. The second-order valence-electron chi connectivity index (χ2n) is 4.64. The van der Waals surface area contributed by atoms with Gasteiger partial charge < -0.3 is 5.32 Å². The van der Waals surface area contributed by atoms with Crippen molar-refractivity contribution in [2.24, 2.45) is 0 Å². The van der Waals surface area contributed by atoms with Crippen molar-refractivity contribution in [1.82, 2.24) is 5.32 Å². The predicted molar refractivity (Wildman–Crippen MR) is 89.9 cm³/mol. The number of carbonyl (C=O) groups excluding carboxylic acids is 1. The number of carbonyl (C=O) groups is 1. The summed E-state index contributed by atoms with van der Waals surface area (Å²) >= 11 is 7.54. The van der Waals surface area contributed by atoms with E-state index in [2.05, 4.69) is 17.4 Å². The Balaban J connectivity index is 1.60. The fourth-order valence-electron chi connectivity index (χ4n) is 1.86. The molecule has 0 aromatic heterocycles. The smallest absolute Gasteiger partial charge is 0.220 e. The van der Waals surface area contributed by atoms with Gasteiger partial charge in [0.1, 0.15) is 0 Å². The molecule has 2 rings (SSSR count). The van der Waals surface area contributed by atoms with E-state index in [1.807, 2.05) is 42.5 Å². The number of hydrogen-bond donors (Lipinski definition) is 1. The molecule has 1 amide bonds. The molecule has 0 aliphatic rings. The summed E-state index contributed by atoms with van der Waals surface area (Å²) in [5, 5.41) is 3.68. The van der Waals surface area contributed by atoms with Gasteiger partial charge >= 0.3 is 0 Å². The van der Waals surface area contributed by atoms with E-state index in [0.717, 1.165) is 17.2 Å². The van der Waals surface area contributed by atoms with Gasteiger partial charge in [-0.05, 0) is 36.2 Å². The number of nitrogens with one attached hydrogen (secondary N) is 1. The predicted octanol–water partition coefficient (Wildman–Crippen LogP) is 4.18. The number of rotatable bonds is 7. The first-order valence-corrected chi connectivity index (χ1v) is 8.29. The maximum atomic E-state index is 11.7. The second kappa shape index (κ2) is 8.75. The van der Waals surface area contributed by atoms with Crippen LogP contribution in [0.15, 0.2) is 59.5 Å². The highest BCUT2D eigenvalue weighted by atomic mass is 35.5.